The Labute approximate surface area is 160 Å². The van der Waals surface area contributed by atoms with Crippen LogP contribution in [0, 0.1) is 0 Å². The summed E-state index contributed by atoms with van der Waals surface area (Å²) in [6, 6.07) is 16.3. The average Bonchev–Trinajstić information content (AvgIpc) is 3.15. The van der Waals surface area contributed by atoms with Crippen LogP contribution in [0.25, 0.3) is 21.0 Å². The van der Waals surface area contributed by atoms with Gasteiger partial charge < -0.3 is 9.88 Å². The maximum absolute atomic E-state index is 12.5. The number of nitrogens with one attached hydrogen (secondary N) is 1. The van der Waals surface area contributed by atoms with Crippen molar-refractivity contribution in [2.45, 2.75) is 19.4 Å². The molecule has 0 fully saturated rings. The standard InChI is InChI=1S/C21H19N3O2S/c1-24(13-18-22-17-10-11-27-20(17)21(26)23-18)19(25)9-7-14-6-8-15-4-2-3-5-16(15)12-14/h2-6,8,10-12H,7,9,13H2,1H3,(H,22,23,26). The van der Waals surface area contributed by atoms with Crippen molar-refractivity contribution < 1.29 is 4.79 Å². The van der Waals surface area contributed by atoms with E-state index in [-0.39, 0.29) is 18.0 Å². The number of rotatable bonds is 5. The Kier molecular flexibility index (Phi) is 4.73. The Morgan fingerprint density at radius 3 is 2.81 bits per heavy atom. The topological polar surface area (TPSA) is 66.1 Å². The van der Waals surface area contributed by atoms with Gasteiger partial charge in [0.15, 0.2) is 0 Å². The summed E-state index contributed by atoms with van der Waals surface area (Å²) in [5.41, 5.74) is 1.67. The molecule has 0 spiro atoms. The highest BCUT2D eigenvalue weighted by Crippen LogP contribution is 2.17. The maximum Gasteiger partial charge on any atom is 0.268 e. The molecular formula is C21H19N3O2S. The van der Waals surface area contributed by atoms with Crippen molar-refractivity contribution in [1.82, 2.24) is 14.9 Å². The highest BCUT2D eigenvalue weighted by atomic mass is 32.1. The number of H-pyrrole nitrogens is 1. The van der Waals surface area contributed by atoms with Gasteiger partial charge in [-0.15, -0.1) is 11.3 Å². The van der Waals surface area contributed by atoms with Crippen molar-refractivity contribution in [2.24, 2.45) is 0 Å². The van der Waals surface area contributed by atoms with Crippen LogP contribution < -0.4 is 5.56 Å². The minimum absolute atomic E-state index is 0.0243. The number of hydrogen-bond acceptors (Lipinski definition) is 4. The molecule has 2 aromatic heterocycles. The van der Waals surface area contributed by atoms with Crippen LogP contribution in [0.4, 0.5) is 0 Å². The Balaban J connectivity index is 1.41. The van der Waals surface area contributed by atoms with Gasteiger partial charge in [-0.2, -0.15) is 0 Å². The van der Waals surface area contributed by atoms with Crippen molar-refractivity contribution in [1.29, 1.82) is 0 Å². The van der Waals surface area contributed by atoms with E-state index in [2.05, 4.69) is 40.3 Å². The summed E-state index contributed by atoms with van der Waals surface area (Å²) in [6.07, 6.45) is 1.10. The van der Waals surface area contributed by atoms with Crippen LogP contribution in [0.5, 0.6) is 0 Å². The fourth-order valence-corrected chi connectivity index (χ4v) is 3.87. The molecule has 5 nitrogen and oxygen atoms in total. The number of benzene rings is 2. The lowest BCUT2D eigenvalue weighted by Crippen LogP contribution is -2.28. The van der Waals surface area contributed by atoms with Gasteiger partial charge in [-0.25, -0.2) is 4.98 Å². The monoisotopic (exact) mass is 377 g/mol. The molecular weight excluding hydrogens is 358 g/mol. The molecule has 0 saturated carbocycles. The lowest BCUT2D eigenvalue weighted by molar-refractivity contribution is -0.130. The molecule has 1 amide bonds. The Hall–Kier alpha value is -2.99. The van der Waals surface area contributed by atoms with Crippen molar-refractivity contribution in [3.63, 3.8) is 0 Å². The molecule has 0 saturated heterocycles. The van der Waals surface area contributed by atoms with E-state index in [4.69, 9.17) is 0 Å². The highest BCUT2D eigenvalue weighted by molar-refractivity contribution is 7.17. The molecule has 4 aromatic rings. The first kappa shape index (κ1) is 17.4. The van der Waals surface area contributed by atoms with Gasteiger partial charge in [0.25, 0.3) is 5.56 Å². The number of carbonyl (C=O) groups is 1. The van der Waals surface area contributed by atoms with Crippen molar-refractivity contribution in [3.8, 4) is 0 Å². The van der Waals surface area contributed by atoms with Gasteiger partial charge in [0.05, 0.1) is 12.1 Å². The quantitative estimate of drug-likeness (QED) is 0.576. The first-order valence-corrected chi connectivity index (χ1v) is 9.66. The van der Waals surface area contributed by atoms with Gasteiger partial charge in [0, 0.05) is 13.5 Å². The van der Waals surface area contributed by atoms with Crippen molar-refractivity contribution >= 4 is 38.2 Å². The summed E-state index contributed by atoms with van der Waals surface area (Å²) >= 11 is 1.37. The number of carbonyl (C=O) groups excluding carboxylic acids is 1. The predicted octanol–water partition coefficient (Wildman–Crippen LogP) is 3.73. The number of thiophene rings is 1. The summed E-state index contributed by atoms with van der Waals surface area (Å²) in [5, 5.41) is 4.22. The maximum atomic E-state index is 12.5. The number of fused-ring (bicyclic) bond motifs is 2. The molecule has 27 heavy (non-hydrogen) atoms. The summed E-state index contributed by atoms with van der Waals surface area (Å²) in [5.74, 6) is 0.531. The third kappa shape index (κ3) is 3.75. The normalized spacial score (nSPS) is 11.1. The number of aryl methyl sites for hydroxylation is 1. The second-order valence-corrected chi connectivity index (χ2v) is 7.50. The lowest BCUT2D eigenvalue weighted by atomic mass is 10.0. The molecule has 0 bridgehead atoms. The smallest absolute Gasteiger partial charge is 0.268 e. The van der Waals surface area contributed by atoms with E-state index in [0.717, 1.165) is 5.56 Å². The van der Waals surface area contributed by atoms with Gasteiger partial charge in [-0.1, -0.05) is 42.5 Å². The van der Waals surface area contributed by atoms with Crippen LogP contribution in [0.1, 0.15) is 17.8 Å². The summed E-state index contributed by atoms with van der Waals surface area (Å²) in [7, 11) is 1.74. The van der Waals surface area contributed by atoms with Gasteiger partial charge in [-0.05, 0) is 34.2 Å². The minimum Gasteiger partial charge on any atom is -0.338 e. The second kappa shape index (κ2) is 7.32. The molecule has 1 N–H and O–H groups in total. The molecule has 0 aliphatic carbocycles. The summed E-state index contributed by atoms with van der Waals surface area (Å²) in [6.45, 7) is 0.289. The highest BCUT2D eigenvalue weighted by Gasteiger charge is 2.12. The van der Waals surface area contributed by atoms with E-state index in [0.29, 0.717) is 28.9 Å². The first-order valence-electron chi connectivity index (χ1n) is 8.78. The van der Waals surface area contributed by atoms with Crippen LogP contribution in [0.3, 0.4) is 0 Å². The van der Waals surface area contributed by atoms with E-state index in [1.165, 1.54) is 22.1 Å². The van der Waals surface area contributed by atoms with E-state index in [1.54, 1.807) is 11.9 Å². The Morgan fingerprint density at radius 1 is 1.15 bits per heavy atom. The molecule has 0 unspecified atom stereocenters. The number of aromatic nitrogens is 2. The van der Waals surface area contributed by atoms with Crippen LogP contribution in [0.2, 0.25) is 0 Å². The van der Waals surface area contributed by atoms with Crippen LogP contribution >= 0.6 is 11.3 Å². The summed E-state index contributed by atoms with van der Waals surface area (Å²) in [4.78, 5) is 33.3. The van der Waals surface area contributed by atoms with Crippen LogP contribution in [0.15, 0.2) is 58.7 Å². The number of hydrogen-bond donors (Lipinski definition) is 1. The van der Waals surface area contributed by atoms with E-state index < -0.39 is 0 Å². The van der Waals surface area contributed by atoms with Crippen LogP contribution in [-0.4, -0.2) is 27.8 Å². The number of aromatic amines is 1. The summed E-state index contributed by atoms with van der Waals surface area (Å²) < 4.78 is 0.615. The molecule has 0 atom stereocenters. The molecule has 6 heteroatoms. The fourth-order valence-electron chi connectivity index (χ4n) is 3.15. The fraction of sp³-hybridized carbons (Fsp3) is 0.190. The van der Waals surface area contributed by atoms with Gasteiger partial charge >= 0.3 is 0 Å². The van der Waals surface area contributed by atoms with E-state index in [9.17, 15) is 9.59 Å². The zero-order chi connectivity index (χ0) is 18.8. The molecule has 136 valence electrons. The molecule has 4 rings (SSSR count). The zero-order valence-corrected chi connectivity index (χ0v) is 15.8. The number of nitrogens with zero attached hydrogens (tertiary/aromatic N) is 2. The van der Waals surface area contributed by atoms with Gasteiger partial charge in [-0.3, -0.25) is 9.59 Å². The third-order valence-corrected chi connectivity index (χ3v) is 5.52. The Bertz CT molecular complexity index is 1180. The molecule has 0 radical (unpaired) electrons. The molecule has 2 aromatic carbocycles. The van der Waals surface area contributed by atoms with Gasteiger partial charge in [0.1, 0.15) is 10.5 Å². The van der Waals surface area contributed by atoms with E-state index >= 15 is 0 Å². The SMILES string of the molecule is CN(Cc1nc2ccsc2c(=O)[nH]1)C(=O)CCc1ccc2ccccc2c1. The lowest BCUT2D eigenvalue weighted by Gasteiger charge is -2.16. The third-order valence-electron chi connectivity index (χ3n) is 4.62. The molecule has 0 aliphatic heterocycles. The minimum atomic E-state index is -0.151. The molecule has 2 heterocycles. The van der Waals surface area contributed by atoms with Crippen LogP contribution in [-0.2, 0) is 17.8 Å². The van der Waals surface area contributed by atoms with Crippen molar-refractivity contribution in [2.75, 3.05) is 7.05 Å². The zero-order valence-electron chi connectivity index (χ0n) is 14.9. The Morgan fingerprint density at radius 2 is 1.96 bits per heavy atom. The first-order chi connectivity index (χ1) is 13.1. The van der Waals surface area contributed by atoms with Gasteiger partial charge in [0.2, 0.25) is 5.91 Å². The van der Waals surface area contributed by atoms with Crippen molar-refractivity contribution in [3.05, 3.63) is 75.7 Å². The van der Waals surface area contributed by atoms with E-state index in [1.807, 2.05) is 23.6 Å². The predicted molar refractivity (Wildman–Crippen MR) is 109 cm³/mol. The number of amides is 1. The molecule has 0 aliphatic rings. The largest absolute Gasteiger partial charge is 0.338 e. The second-order valence-electron chi connectivity index (χ2n) is 6.58. The average molecular weight is 377 g/mol.